The molecule has 0 atom stereocenters. The lowest BCUT2D eigenvalue weighted by atomic mass is 9.93. The van der Waals surface area contributed by atoms with Crippen molar-refractivity contribution in [3.05, 3.63) is 107 Å². The lowest BCUT2D eigenvalue weighted by molar-refractivity contribution is 1.16. The highest BCUT2D eigenvalue weighted by Gasteiger charge is 2.29. The van der Waals surface area contributed by atoms with Crippen molar-refractivity contribution in [3.63, 3.8) is 0 Å². The molecule has 0 amide bonds. The largest absolute Gasteiger partial charge is 0.0616 e. The molecule has 0 unspecified atom stereocenters. The molecule has 0 fully saturated rings. The van der Waals surface area contributed by atoms with Gasteiger partial charge in [-0.25, -0.2) is 0 Å². The van der Waals surface area contributed by atoms with Crippen molar-refractivity contribution in [2.75, 3.05) is 0 Å². The summed E-state index contributed by atoms with van der Waals surface area (Å²) in [5.74, 6) is 0. The first-order chi connectivity index (χ1) is 13.9. The average molecular weight is 354 g/mol. The zero-order valence-corrected chi connectivity index (χ0v) is 15.5. The van der Waals surface area contributed by atoms with Crippen LogP contribution in [-0.4, -0.2) is 0 Å². The smallest absolute Gasteiger partial charge is 0.00101 e. The Kier molecular flexibility index (Phi) is 2.67. The van der Waals surface area contributed by atoms with E-state index < -0.39 is 0 Å². The van der Waals surface area contributed by atoms with E-state index in [9.17, 15) is 0 Å². The molecule has 130 valence electrons. The molecule has 7 rings (SSSR count). The molecule has 5 aromatic rings. The van der Waals surface area contributed by atoms with Gasteiger partial charge in [0.15, 0.2) is 0 Å². The van der Waals surface area contributed by atoms with Gasteiger partial charge in [0, 0.05) is 0 Å². The zero-order valence-electron chi connectivity index (χ0n) is 15.5. The van der Waals surface area contributed by atoms with Crippen molar-refractivity contribution in [1.29, 1.82) is 0 Å². The molecule has 0 nitrogen and oxygen atoms in total. The zero-order chi connectivity index (χ0) is 18.2. The maximum absolute atomic E-state index is 2.38. The molecular formula is C28H18. The maximum Gasteiger partial charge on any atom is -0.00101 e. The fraction of sp³-hybridized carbons (Fsp3) is 0.0714. The van der Waals surface area contributed by atoms with Crippen LogP contribution in [-0.2, 0) is 12.8 Å². The van der Waals surface area contributed by atoms with Crippen LogP contribution in [0.3, 0.4) is 0 Å². The summed E-state index contributed by atoms with van der Waals surface area (Å²) in [6, 6.07) is 31.6. The predicted octanol–water partition coefficient (Wildman–Crippen LogP) is 7.14. The Morgan fingerprint density at radius 1 is 0.429 bits per heavy atom. The van der Waals surface area contributed by atoms with Crippen LogP contribution in [0.15, 0.2) is 84.9 Å². The Hall–Kier alpha value is -3.38. The van der Waals surface area contributed by atoms with Crippen molar-refractivity contribution in [2.45, 2.75) is 12.8 Å². The van der Waals surface area contributed by atoms with Crippen LogP contribution in [0, 0.1) is 0 Å². The molecule has 0 spiro atoms. The molecule has 0 N–H and O–H groups in total. The summed E-state index contributed by atoms with van der Waals surface area (Å²) in [6.45, 7) is 0. The minimum absolute atomic E-state index is 1.06. The fourth-order valence-corrected chi connectivity index (χ4v) is 5.51. The molecule has 0 bridgehead atoms. The van der Waals surface area contributed by atoms with Crippen LogP contribution in [0.1, 0.15) is 22.3 Å². The quantitative estimate of drug-likeness (QED) is 0.272. The third kappa shape index (κ3) is 1.75. The van der Waals surface area contributed by atoms with E-state index in [4.69, 9.17) is 0 Å². The highest BCUT2D eigenvalue weighted by molar-refractivity contribution is 6.05. The van der Waals surface area contributed by atoms with E-state index in [2.05, 4.69) is 84.9 Å². The van der Waals surface area contributed by atoms with Crippen LogP contribution >= 0.6 is 0 Å². The molecule has 0 heteroatoms. The minimum atomic E-state index is 1.06. The Morgan fingerprint density at radius 3 is 1.39 bits per heavy atom. The first-order valence-electron chi connectivity index (χ1n) is 10.1. The van der Waals surface area contributed by atoms with Gasteiger partial charge in [-0.3, -0.25) is 0 Å². The SMILES string of the molecule is c1ccc2c3c(ccc2c1)Cc1c-3ccc2c1Cc1ccc3ccccc3c1-2. The van der Waals surface area contributed by atoms with E-state index in [-0.39, 0.29) is 0 Å². The van der Waals surface area contributed by atoms with Crippen LogP contribution in [0.5, 0.6) is 0 Å². The van der Waals surface area contributed by atoms with E-state index in [1.807, 2.05) is 0 Å². The number of benzene rings is 5. The van der Waals surface area contributed by atoms with Gasteiger partial charge in [-0.15, -0.1) is 0 Å². The van der Waals surface area contributed by atoms with Gasteiger partial charge in [0.2, 0.25) is 0 Å². The molecule has 0 aromatic heterocycles. The Morgan fingerprint density at radius 2 is 0.893 bits per heavy atom. The molecule has 0 saturated heterocycles. The van der Waals surface area contributed by atoms with Crippen LogP contribution < -0.4 is 0 Å². The minimum Gasteiger partial charge on any atom is -0.0616 e. The van der Waals surface area contributed by atoms with Gasteiger partial charge in [-0.05, 0) is 78.9 Å². The van der Waals surface area contributed by atoms with Crippen molar-refractivity contribution in [3.8, 4) is 22.3 Å². The van der Waals surface area contributed by atoms with Crippen molar-refractivity contribution < 1.29 is 0 Å². The predicted molar refractivity (Wildman–Crippen MR) is 118 cm³/mol. The number of hydrogen-bond acceptors (Lipinski definition) is 0. The lowest BCUT2D eigenvalue weighted by Crippen LogP contribution is -1.90. The summed E-state index contributed by atoms with van der Waals surface area (Å²) in [5.41, 5.74) is 11.8. The molecule has 2 aliphatic rings. The van der Waals surface area contributed by atoms with Gasteiger partial charge >= 0.3 is 0 Å². The summed E-state index contributed by atoms with van der Waals surface area (Å²) in [5, 5.41) is 5.45. The Balaban J connectivity index is 1.52. The van der Waals surface area contributed by atoms with Crippen LogP contribution in [0.2, 0.25) is 0 Å². The third-order valence-corrected chi connectivity index (χ3v) is 6.73. The van der Waals surface area contributed by atoms with Gasteiger partial charge in [-0.2, -0.15) is 0 Å². The fourth-order valence-electron chi connectivity index (χ4n) is 5.51. The average Bonchev–Trinajstić information content (AvgIpc) is 3.32. The van der Waals surface area contributed by atoms with E-state index in [0.29, 0.717) is 0 Å². The summed E-state index contributed by atoms with van der Waals surface area (Å²) < 4.78 is 0. The van der Waals surface area contributed by atoms with E-state index in [0.717, 1.165) is 12.8 Å². The molecule has 0 radical (unpaired) electrons. The summed E-state index contributed by atoms with van der Waals surface area (Å²) in [7, 11) is 0. The second kappa shape index (κ2) is 5.11. The highest BCUT2D eigenvalue weighted by atomic mass is 14.3. The van der Waals surface area contributed by atoms with Gasteiger partial charge in [0.25, 0.3) is 0 Å². The first-order valence-corrected chi connectivity index (χ1v) is 10.1. The van der Waals surface area contributed by atoms with E-state index >= 15 is 0 Å². The van der Waals surface area contributed by atoms with Crippen LogP contribution in [0.4, 0.5) is 0 Å². The molecule has 0 aliphatic heterocycles. The van der Waals surface area contributed by atoms with Crippen molar-refractivity contribution in [1.82, 2.24) is 0 Å². The third-order valence-electron chi connectivity index (χ3n) is 6.73. The number of hydrogen-bond donors (Lipinski definition) is 0. The van der Waals surface area contributed by atoms with Crippen LogP contribution in [0.25, 0.3) is 43.8 Å². The standard InChI is InChI=1S/C28H18/c1-3-7-21-17(5-1)9-11-19-15-25-23(27(19)21)13-14-24-26(25)16-20-12-10-18-6-2-4-8-22(18)28(20)24/h1-14H,15-16H2. The summed E-state index contributed by atoms with van der Waals surface area (Å²) >= 11 is 0. The monoisotopic (exact) mass is 354 g/mol. The first kappa shape index (κ1) is 14.6. The summed E-state index contributed by atoms with van der Waals surface area (Å²) in [4.78, 5) is 0. The Bertz CT molecular complexity index is 1340. The molecule has 2 aliphatic carbocycles. The Labute approximate surface area is 164 Å². The van der Waals surface area contributed by atoms with Gasteiger partial charge in [-0.1, -0.05) is 84.9 Å². The van der Waals surface area contributed by atoms with Gasteiger partial charge in [0.05, 0.1) is 0 Å². The van der Waals surface area contributed by atoms with Crippen molar-refractivity contribution >= 4 is 21.5 Å². The number of rotatable bonds is 0. The molecule has 28 heavy (non-hydrogen) atoms. The topological polar surface area (TPSA) is 0 Å². The van der Waals surface area contributed by atoms with Crippen molar-refractivity contribution in [2.24, 2.45) is 0 Å². The second-order valence-electron chi connectivity index (χ2n) is 8.11. The van der Waals surface area contributed by atoms with E-state index in [1.165, 1.54) is 54.9 Å². The highest BCUT2D eigenvalue weighted by Crippen LogP contribution is 2.49. The lowest BCUT2D eigenvalue weighted by Gasteiger charge is -2.10. The molecular weight excluding hydrogens is 336 g/mol. The normalized spacial score (nSPS) is 13.4. The molecule has 0 saturated carbocycles. The maximum atomic E-state index is 2.38. The van der Waals surface area contributed by atoms with Gasteiger partial charge in [0.1, 0.15) is 0 Å². The van der Waals surface area contributed by atoms with Gasteiger partial charge < -0.3 is 0 Å². The number of fused-ring (bicyclic) bond motifs is 11. The molecule has 5 aromatic carbocycles. The van der Waals surface area contributed by atoms with E-state index in [1.54, 1.807) is 11.1 Å². The summed E-state index contributed by atoms with van der Waals surface area (Å²) in [6.07, 6.45) is 2.12. The molecule has 0 heterocycles. The second-order valence-corrected chi connectivity index (χ2v) is 8.11.